The van der Waals surface area contributed by atoms with Gasteiger partial charge in [0.25, 0.3) is 0 Å². The fourth-order valence-corrected chi connectivity index (χ4v) is 3.45. The number of benzene rings is 1. The van der Waals surface area contributed by atoms with Crippen molar-refractivity contribution in [3.8, 4) is 5.75 Å². The van der Waals surface area contributed by atoms with Crippen LogP contribution in [-0.2, 0) is 5.54 Å². The predicted octanol–water partition coefficient (Wildman–Crippen LogP) is 2.25. The fraction of sp³-hybridized carbons (Fsp3) is 0.600. The normalized spacial score (nSPS) is 27.7. The molecule has 0 saturated carbocycles. The Morgan fingerprint density at radius 3 is 2.79 bits per heavy atom. The number of halogens is 1. The van der Waals surface area contributed by atoms with Crippen LogP contribution in [0.1, 0.15) is 31.2 Å². The smallest absolute Gasteiger partial charge is 0.124 e. The second kappa shape index (κ2) is 5.10. The van der Waals surface area contributed by atoms with Crippen LogP contribution in [0.4, 0.5) is 4.39 Å². The highest BCUT2D eigenvalue weighted by molar-refractivity contribution is 5.42. The molecule has 2 heterocycles. The second-order valence-corrected chi connectivity index (χ2v) is 5.52. The molecule has 1 aromatic carbocycles. The number of piperidine rings is 1. The first-order valence-electron chi connectivity index (χ1n) is 7.14. The summed E-state index contributed by atoms with van der Waals surface area (Å²) in [5.41, 5.74) is 6.81. The summed E-state index contributed by atoms with van der Waals surface area (Å²) in [5, 5.41) is 0. The molecule has 0 aliphatic carbocycles. The molecule has 0 amide bonds. The molecule has 0 aromatic heterocycles. The minimum absolute atomic E-state index is 0.209. The maximum atomic E-state index is 13.6. The van der Waals surface area contributed by atoms with Crippen molar-refractivity contribution in [2.75, 3.05) is 26.2 Å². The number of hydrogen-bond donors (Lipinski definition) is 1. The van der Waals surface area contributed by atoms with E-state index in [4.69, 9.17) is 10.5 Å². The highest BCUT2D eigenvalue weighted by Gasteiger charge is 2.42. The van der Waals surface area contributed by atoms with Gasteiger partial charge in [-0.25, -0.2) is 4.39 Å². The minimum Gasteiger partial charge on any atom is -0.493 e. The number of nitrogens with two attached hydrogens (primary N) is 1. The van der Waals surface area contributed by atoms with Gasteiger partial charge in [-0.15, -0.1) is 0 Å². The van der Waals surface area contributed by atoms with Crippen molar-refractivity contribution in [1.82, 2.24) is 4.90 Å². The van der Waals surface area contributed by atoms with Crippen molar-refractivity contribution in [3.63, 3.8) is 0 Å². The molecule has 3 rings (SSSR count). The average molecular weight is 264 g/mol. The van der Waals surface area contributed by atoms with E-state index in [2.05, 4.69) is 4.90 Å². The number of hydrogen-bond acceptors (Lipinski definition) is 3. The van der Waals surface area contributed by atoms with Crippen molar-refractivity contribution in [1.29, 1.82) is 0 Å². The van der Waals surface area contributed by atoms with Gasteiger partial charge in [0.1, 0.15) is 11.6 Å². The zero-order chi connectivity index (χ0) is 13.3. The predicted molar refractivity (Wildman–Crippen MR) is 72.7 cm³/mol. The lowest BCUT2D eigenvalue weighted by atomic mass is 9.81. The van der Waals surface area contributed by atoms with Crippen LogP contribution in [0.5, 0.6) is 5.75 Å². The monoisotopic (exact) mass is 264 g/mol. The summed E-state index contributed by atoms with van der Waals surface area (Å²) in [5.74, 6) is 0.586. The summed E-state index contributed by atoms with van der Waals surface area (Å²) in [4.78, 5) is 2.44. The lowest BCUT2D eigenvalue weighted by molar-refractivity contribution is 0.0329. The van der Waals surface area contributed by atoms with Crippen LogP contribution in [0.25, 0.3) is 0 Å². The van der Waals surface area contributed by atoms with Crippen LogP contribution in [0.15, 0.2) is 18.2 Å². The van der Waals surface area contributed by atoms with E-state index in [1.165, 1.54) is 25.3 Å². The van der Waals surface area contributed by atoms with Crippen molar-refractivity contribution >= 4 is 0 Å². The summed E-state index contributed by atoms with van der Waals surface area (Å²) in [6, 6.07) is 4.80. The average Bonchev–Trinajstić information content (AvgIpc) is 2.47. The molecule has 2 aliphatic heterocycles. The second-order valence-electron chi connectivity index (χ2n) is 5.52. The Labute approximate surface area is 113 Å². The van der Waals surface area contributed by atoms with Gasteiger partial charge in [-0.3, -0.25) is 4.90 Å². The molecule has 1 saturated heterocycles. The van der Waals surface area contributed by atoms with Gasteiger partial charge in [-0.2, -0.15) is 0 Å². The van der Waals surface area contributed by atoms with Gasteiger partial charge in [0.15, 0.2) is 0 Å². The molecule has 2 N–H and O–H groups in total. The van der Waals surface area contributed by atoms with E-state index >= 15 is 0 Å². The molecule has 0 radical (unpaired) electrons. The first-order valence-corrected chi connectivity index (χ1v) is 7.14. The molecule has 1 atom stereocenters. The molecule has 104 valence electrons. The molecule has 3 nitrogen and oxygen atoms in total. The number of rotatable bonds is 2. The van der Waals surface area contributed by atoms with Crippen LogP contribution in [-0.4, -0.2) is 31.1 Å². The van der Waals surface area contributed by atoms with E-state index in [0.717, 1.165) is 30.8 Å². The van der Waals surface area contributed by atoms with Crippen LogP contribution in [0.3, 0.4) is 0 Å². The van der Waals surface area contributed by atoms with Crippen molar-refractivity contribution < 1.29 is 9.13 Å². The van der Waals surface area contributed by atoms with Crippen LogP contribution in [0, 0.1) is 5.82 Å². The Morgan fingerprint density at radius 2 is 2.05 bits per heavy atom. The Hall–Kier alpha value is -1.13. The number of fused-ring (bicyclic) bond motifs is 1. The summed E-state index contributed by atoms with van der Waals surface area (Å²) < 4.78 is 19.3. The molecule has 1 unspecified atom stereocenters. The van der Waals surface area contributed by atoms with E-state index < -0.39 is 0 Å². The van der Waals surface area contributed by atoms with Crippen molar-refractivity contribution in [3.05, 3.63) is 29.6 Å². The Bertz CT molecular complexity index is 459. The molecular formula is C15H21FN2O. The fourth-order valence-electron chi connectivity index (χ4n) is 3.45. The SMILES string of the molecule is NCC1(N2CCCCC2)CCOc2ccc(F)cc21. The van der Waals surface area contributed by atoms with Gasteiger partial charge in [0, 0.05) is 18.5 Å². The van der Waals surface area contributed by atoms with Crippen LogP contribution >= 0.6 is 0 Å². The molecule has 19 heavy (non-hydrogen) atoms. The molecule has 2 aliphatic rings. The largest absolute Gasteiger partial charge is 0.493 e. The first kappa shape index (κ1) is 12.9. The topological polar surface area (TPSA) is 38.5 Å². The third kappa shape index (κ3) is 2.13. The lowest BCUT2D eigenvalue weighted by Crippen LogP contribution is -2.55. The standard InChI is InChI=1S/C15H21FN2O/c16-12-4-5-14-13(10-12)15(11-17,6-9-19-14)18-7-2-1-3-8-18/h4-5,10H,1-3,6-9,11,17H2. The third-order valence-electron chi connectivity index (χ3n) is 4.52. The maximum absolute atomic E-state index is 13.6. The zero-order valence-electron chi connectivity index (χ0n) is 11.2. The molecular weight excluding hydrogens is 243 g/mol. The maximum Gasteiger partial charge on any atom is 0.124 e. The molecule has 0 bridgehead atoms. The van der Waals surface area contributed by atoms with Gasteiger partial charge in [0.05, 0.1) is 12.1 Å². The Kier molecular flexibility index (Phi) is 3.46. The third-order valence-corrected chi connectivity index (χ3v) is 4.52. The van der Waals surface area contributed by atoms with Gasteiger partial charge < -0.3 is 10.5 Å². The van der Waals surface area contributed by atoms with E-state index in [0.29, 0.717) is 13.2 Å². The Morgan fingerprint density at radius 1 is 1.26 bits per heavy atom. The summed E-state index contributed by atoms with van der Waals surface area (Å²) in [6.07, 6.45) is 4.53. The lowest BCUT2D eigenvalue weighted by Gasteiger charge is -2.48. The molecule has 1 fully saturated rings. The minimum atomic E-state index is -0.240. The van der Waals surface area contributed by atoms with Crippen LogP contribution < -0.4 is 10.5 Å². The van der Waals surface area contributed by atoms with Gasteiger partial charge >= 0.3 is 0 Å². The molecule has 1 aromatic rings. The molecule has 0 spiro atoms. The van der Waals surface area contributed by atoms with E-state index in [1.54, 1.807) is 12.1 Å². The van der Waals surface area contributed by atoms with Crippen molar-refractivity contribution in [2.24, 2.45) is 5.73 Å². The highest BCUT2D eigenvalue weighted by atomic mass is 19.1. The summed E-state index contributed by atoms with van der Waals surface area (Å²) >= 11 is 0. The summed E-state index contributed by atoms with van der Waals surface area (Å²) in [6.45, 7) is 3.28. The Balaban J connectivity index is 2.04. The summed E-state index contributed by atoms with van der Waals surface area (Å²) in [7, 11) is 0. The number of likely N-dealkylation sites (tertiary alicyclic amines) is 1. The van der Waals surface area contributed by atoms with Gasteiger partial charge in [0.2, 0.25) is 0 Å². The molecule has 4 heteroatoms. The van der Waals surface area contributed by atoms with E-state index in [-0.39, 0.29) is 11.4 Å². The van der Waals surface area contributed by atoms with Crippen LogP contribution in [0.2, 0.25) is 0 Å². The van der Waals surface area contributed by atoms with E-state index in [9.17, 15) is 4.39 Å². The first-order chi connectivity index (χ1) is 9.26. The number of ether oxygens (including phenoxy) is 1. The van der Waals surface area contributed by atoms with Gasteiger partial charge in [-0.1, -0.05) is 6.42 Å². The van der Waals surface area contributed by atoms with Crippen molar-refractivity contribution in [2.45, 2.75) is 31.2 Å². The quantitative estimate of drug-likeness (QED) is 0.890. The zero-order valence-corrected chi connectivity index (χ0v) is 11.2. The highest BCUT2D eigenvalue weighted by Crippen LogP contribution is 2.42. The van der Waals surface area contributed by atoms with Gasteiger partial charge in [-0.05, 0) is 44.1 Å². The number of nitrogens with zero attached hydrogens (tertiary/aromatic N) is 1. The van der Waals surface area contributed by atoms with E-state index in [1.807, 2.05) is 0 Å².